The quantitative estimate of drug-likeness (QED) is 0.278. The zero-order valence-electron chi connectivity index (χ0n) is 12.1. The van der Waals surface area contributed by atoms with Crippen LogP contribution in [0.25, 0.3) is 11.3 Å². The molecular formula is C15H14N4O3S. The summed E-state index contributed by atoms with van der Waals surface area (Å²) in [5.74, 6) is 0.836. The van der Waals surface area contributed by atoms with Crippen molar-refractivity contribution in [1.82, 2.24) is 10.7 Å². The third-order valence-electron chi connectivity index (χ3n) is 2.76. The number of benzene rings is 1. The van der Waals surface area contributed by atoms with Crippen molar-refractivity contribution in [2.24, 2.45) is 5.10 Å². The first-order chi connectivity index (χ1) is 11.1. The fourth-order valence-electron chi connectivity index (χ4n) is 1.77. The second-order valence-corrected chi connectivity index (χ2v) is 4.75. The Hall–Kier alpha value is -3.00. The summed E-state index contributed by atoms with van der Waals surface area (Å²) < 4.78 is 5.55. The van der Waals surface area contributed by atoms with Gasteiger partial charge in [0.1, 0.15) is 11.5 Å². The van der Waals surface area contributed by atoms with E-state index in [1.807, 2.05) is 0 Å². The fraction of sp³-hybridized carbons (Fsp3) is 0.0667. The summed E-state index contributed by atoms with van der Waals surface area (Å²) in [5.41, 5.74) is 3.01. The summed E-state index contributed by atoms with van der Waals surface area (Å²) in [7, 11) is 0. The SMILES string of the molecule is C=CCNC(=S)N/N=C/c1ccc(-c2ccccc2[N+](=O)[O-])o1. The van der Waals surface area contributed by atoms with Crippen molar-refractivity contribution in [2.75, 3.05) is 6.54 Å². The van der Waals surface area contributed by atoms with Crippen molar-refractivity contribution < 1.29 is 9.34 Å². The van der Waals surface area contributed by atoms with Crippen LogP contribution in [0.4, 0.5) is 5.69 Å². The van der Waals surface area contributed by atoms with Gasteiger partial charge in [-0.05, 0) is 30.4 Å². The first-order valence-electron chi connectivity index (χ1n) is 6.63. The Bertz CT molecular complexity index is 755. The van der Waals surface area contributed by atoms with Crippen LogP contribution in [0.2, 0.25) is 0 Å². The van der Waals surface area contributed by atoms with Crippen LogP contribution in [0, 0.1) is 10.1 Å². The van der Waals surface area contributed by atoms with E-state index in [-0.39, 0.29) is 5.69 Å². The smallest absolute Gasteiger partial charge is 0.280 e. The maximum atomic E-state index is 11.0. The standard InChI is InChI=1S/C15H14N4O3S/c1-2-9-16-15(23)18-17-10-11-7-8-14(22-11)12-5-3-4-6-13(12)19(20)21/h2-8,10H,1,9H2,(H2,16,18,23)/b17-10+. The van der Waals surface area contributed by atoms with E-state index < -0.39 is 4.92 Å². The number of hydrogen-bond acceptors (Lipinski definition) is 5. The Labute approximate surface area is 137 Å². The van der Waals surface area contributed by atoms with Crippen molar-refractivity contribution in [2.45, 2.75) is 0 Å². The van der Waals surface area contributed by atoms with E-state index >= 15 is 0 Å². The average molecular weight is 330 g/mol. The van der Waals surface area contributed by atoms with Gasteiger partial charge in [-0.2, -0.15) is 5.10 Å². The van der Waals surface area contributed by atoms with Gasteiger partial charge in [-0.3, -0.25) is 15.5 Å². The molecule has 8 heteroatoms. The summed E-state index contributed by atoms with van der Waals surface area (Å²) in [6.07, 6.45) is 3.10. The van der Waals surface area contributed by atoms with Crippen molar-refractivity contribution in [3.63, 3.8) is 0 Å². The average Bonchev–Trinajstić information content (AvgIpc) is 3.01. The number of nitro benzene ring substituents is 1. The van der Waals surface area contributed by atoms with Crippen LogP contribution in [0.15, 0.2) is 58.6 Å². The van der Waals surface area contributed by atoms with E-state index in [1.54, 1.807) is 36.4 Å². The highest BCUT2D eigenvalue weighted by molar-refractivity contribution is 7.80. The molecule has 23 heavy (non-hydrogen) atoms. The molecule has 0 amide bonds. The van der Waals surface area contributed by atoms with Gasteiger partial charge in [0, 0.05) is 12.6 Å². The summed E-state index contributed by atoms with van der Waals surface area (Å²) in [4.78, 5) is 10.6. The van der Waals surface area contributed by atoms with Crippen LogP contribution in [-0.4, -0.2) is 22.8 Å². The number of nitrogens with zero attached hydrogens (tertiary/aromatic N) is 2. The van der Waals surface area contributed by atoms with E-state index in [0.29, 0.717) is 28.7 Å². The molecule has 2 aromatic rings. The van der Waals surface area contributed by atoms with Gasteiger partial charge < -0.3 is 9.73 Å². The summed E-state index contributed by atoms with van der Waals surface area (Å²) in [6.45, 7) is 4.09. The molecule has 0 saturated carbocycles. The molecule has 0 spiro atoms. The lowest BCUT2D eigenvalue weighted by atomic mass is 10.1. The van der Waals surface area contributed by atoms with Gasteiger partial charge in [-0.15, -0.1) is 6.58 Å². The maximum Gasteiger partial charge on any atom is 0.280 e. The van der Waals surface area contributed by atoms with Crippen LogP contribution >= 0.6 is 12.2 Å². The number of furan rings is 1. The highest BCUT2D eigenvalue weighted by atomic mass is 32.1. The molecule has 0 unspecified atom stereocenters. The third-order valence-corrected chi connectivity index (χ3v) is 2.99. The van der Waals surface area contributed by atoms with Crippen molar-refractivity contribution in [3.05, 3.63) is 64.9 Å². The zero-order chi connectivity index (χ0) is 16.7. The predicted octanol–water partition coefficient (Wildman–Crippen LogP) is 2.84. The Morgan fingerprint density at radius 3 is 2.91 bits per heavy atom. The van der Waals surface area contributed by atoms with Crippen LogP contribution in [0.5, 0.6) is 0 Å². The number of nitro groups is 1. The molecule has 0 fully saturated rings. The molecule has 7 nitrogen and oxygen atoms in total. The van der Waals surface area contributed by atoms with Crippen LogP contribution in [-0.2, 0) is 0 Å². The minimum absolute atomic E-state index is 0.0155. The fourth-order valence-corrected chi connectivity index (χ4v) is 1.90. The molecule has 1 heterocycles. The van der Waals surface area contributed by atoms with Gasteiger partial charge in [0.05, 0.1) is 16.7 Å². The lowest BCUT2D eigenvalue weighted by molar-refractivity contribution is -0.384. The molecule has 1 aromatic carbocycles. The van der Waals surface area contributed by atoms with Crippen molar-refractivity contribution in [3.8, 4) is 11.3 Å². The lowest BCUT2D eigenvalue weighted by Crippen LogP contribution is -2.31. The van der Waals surface area contributed by atoms with Crippen LogP contribution in [0.1, 0.15) is 5.76 Å². The van der Waals surface area contributed by atoms with E-state index in [0.717, 1.165) is 0 Å². The summed E-state index contributed by atoms with van der Waals surface area (Å²) >= 11 is 4.97. The second-order valence-electron chi connectivity index (χ2n) is 4.34. The van der Waals surface area contributed by atoms with Gasteiger partial charge >= 0.3 is 0 Å². The van der Waals surface area contributed by atoms with Crippen molar-refractivity contribution in [1.29, 1.82) is 0 Å². The lowest BCUT2D eigenvalue weighted by Gasteiger charge is -2.02. The summed E-state index contributed by atoms with van der Waals surface area (Å²) in [5, 5.41) is 18.2. The number of para-hydroxylation sites is 1. The highest BCUT2D eigenvalue weighted by Crippen LogP contribution is 2.30. The van der Waals surface area contributed by atoms with Gasteiger partial charge in [-0.25, -0.2) is 0 Å². The molecule has 0 bridgehead atoms. The molecule has 0 radical (unpaired) electrons. The Balaban J connectivity index is 2.08. The molecule has 2 N–H and O–H groups in total. The largest absolute Gasteiger partial charge is 0.455 e. The number of hydrazone groups is 1. The number of rotatable bonds is 6. The normalized spacial score (nSPS) is 10.4. The van der Waals surface area contributed by atoms with Gasteiger partial charge in [-0.1, -0.05) is 18.2 Å². The summed E-state index contributed by atoms with van der Waals surface area (Å²) in [6, 6.07) is 9.69. The molecule has 0 saturated heterocycles. The number of nitrogens with one attached hydrogen (secondary N) is 2. The minimum atomic E-state index is -0.448. The number of hydrogen-bond donors (Lipinski definition) is 2. The van der Waals surface area contributed by atoms with Gasteiger partial charge in [0.25, 0.3) is 5.69 Å². The first kappa shape index (κ1) is 16.4. The van der Waals surface area contributed by atoms with E-state index in [4.69, 9.17) is 16.6 Å². The molecule has 1 aromatic heterocycles. The first-order valence-corrected chi connectivity index (χ1v) is 7.04. The Morgan fingerprint density at radius 2 is 2.17 bits per heavy atom. The predicted molar refractivity (Wildman–Crippen MR) is 92.3 cm³/mol. The van der Waals surface area contributed by atoms with Crippen LogP contribution < -0.4 is 10.7 Å². The van der Waals surface area contributed by atoms with Gasteiger partial charge in [0.15, 0.2) is 5.11 Å². The molecule has 2 rings (SSSR count). The molecule has 0 atom stereocenters. The van der Waals surface area contributed by atoms with Crippen LogP contribution in [0.3, 0.4) is 0 Å². The zero-order valence-corrected chi connectivity index (χ0v) is 12.9. The monoisotopic (exact) mass is 330 g/mol. The second kappa shape index (κ2) is 7.85. The molecule has 0 aliphatic rings. The molecular weight excluding hydrogens is 316 g/mol. The maximum absolute atomic E-state index is 11.0. The molecule has 0 aliphatic heterocycles. The Morgan fingerprint density at radius 1 is 1.39 bits per heavy atom. The topological polar surface area (TPSA) is 92.7 Å². The van der Waals surface area contributed by atoms with E-state index in [2.05, 4.69) is 22.4 Å². The molecule has 0 aliphatic carbocycles. The molecule has 118 valence electrons. The van der Waals surface area contributed by atoms with Gasteiger partial charge in [0.2, 0.25) is 0 Å². The highest BCUT2D eigenvalue weighted by Gasteiger charge is 2.16. The minimum Gasteiger partial charge on any atom is -0.455 e. The number of thiocarbonyl (C=S) groups is 1. The van der Waals surface area contributed by atoms with Crippen molar-refractivity contribution >= 4 is 29.2 Å². The Kier molecular flexibility index (Phi) is 5.59. The van der Waals surface area contributed by atoms with E-state index in [1.165, 1.54) is 12.3 Å². The van der Waals surface area contributed by atoms with E-state index in [9.17, 15) is 10.1 Å². The third kappa shape index (κ3) is 4.48.